The van der Waals surface area contributed by atoms with Gasteiger partial charge in [-0.15, -0.1) is 0 Å². The van der Waals surface area contributed by atoms with E-state index in [2.05, 4.69) is 21.9 Å². The second-order valence-electron chi connectivity index (χ2n) is 5.21. The van der Waals surface area contributed by atoms with Crippen LogP contribution in [0.4, 0.5) is 0 Å². The molecule has 1 amide bonds. The van der Waals surface area contributed by atoms with Crippen LogP contribution in [0.15, 0.2) is 17.3 Å². The van der Waals surface area contributed by atoms with Crippen molar-refractivity contribution >= 4 is 24.3 Å². The summed E-state index contributed by atoms with van der Waals surface area (Å²) in [6.07, 6.45) is -0.457. The van der Waals surface area contributed by atoms with Crippen molar-refractivity contribution in [1.82, 2.24) is 5.32 Å². The maximum atomic E-state index is 12.4. The lowest BCUT2D eigenvalue weighted by Crippen LogP contribution is -2.59. The van der Waals surface area contributed by atoms with E-state index >= 15 is 0 Å². The molecular formula is C16H24N4O7. The molecule has 1 atom stereocenters. The van der Waals surface area contributed by atoms with Gasteiger partial charge in [0.1, 0.15) is 6.04 Å². The summed E-state index contributed by atoms with van der Waals surface area (Å²) in [5.41, 5.74) is 6.61. The van der Waals surface area contributed by atoms with Gasteiger partial charge in [0.25, 0.3) is 0 Å². The zero-order chi connectivity index (χ0) is 20.9. The Kier molecular flexibility index (Phi) is 10.9. The Balaban J connectivity index is 5.67. The molecule has 0 fully saturated rings. The van der Waals surface area contributed by atoms with E-state index in [1.165, 1.54) is 13.8 Å². The van der Waals surface area contributed by atoms with Gasteiger partial charge in [0.05, 0.1) is 19.8 Å². The van der Waals surface area contributed by atoms with Crippen LogP contribution >= 0.6 is 0 Å². The van der Waals surface area contributed by atoms with Crippen molar-refractivity contribution in [3.63, 3.8) is 0 Å². The van der Waals surface area contributed by atoms with E-state index in [4.69, 9.17) is 19.7 Å². The van der Waals surface area contributed by atoms with E-state index in [0.717, 1.165) is 0 Å². The van der Waals surface area contributed by atoms with Gasteiger partial charge in [-0.3, -0.25) is 9.59 Å². The Labute approximate surface area is 156 Å². The van der Waals surface area contributed by atoms with Crippen LogP contribution in [0.2, 0.25) is 0 Å². The van der Waals surface area contributed by atoms with Crippen LogP contribution in [0.1, 0.15) is 33.6 Å². The fraction of sp³-hybridized carbons (Fsp3) is 0.625. The Morgan fingerprint density at radius 3 is 2.07 bits per heavy atom. The first-order valence-electron chi connectivity index (χ1n) is 8.26. The Morgan fingerprint density at radius 2 is 1.67 bits per heavy atom. The molecule has 0 bridgehead atoms. The Morgan fingerprint density at radius 1 is 1.15 bits per heavy atom. The first-order valence-corrected chi connectivity index (χ1v) is 8.26. The molecule has 1 unspecified atom stereocenters. The molecule has 0 saturated carbocycles. The maximum absolute atomic E-state index is 12.4. The van der Waals surface area contributed by atoms with Gasteiger partial charge in [-0.25, -0.2) is 9.59 Å². The predicted octanol–water partition coefficient (Wildman–Crippen LogP) is 1.18. The number of nitrogens with zero attached hydrogens (tertiary/aromatic N) is 3. The minimum atomic E-state index is -2.17. The summed E-state index contributed by atoms with van der Waals surface area (Å²) >= 11 is 0. The average molecular weight is 384 g/mol. The quantitative estimate of drug-likeness (QED) is 0.0729. The molecular weight excluding hydrogens is 360 g/mol. The van der Waals surface area contributed by atoms with Gasteiger partial charge >= 0.3 is 17.9 Å². The molecule has 0 spiro atoms. The van der Waals surface area contributed by atoms with Crippen molar-refractivity contribution in [1.29, 1.82) is 0 Å². The van der Waals surface area contributed by atoms with Crippen LogP contribution in [0.25, 0.3) is 10.4 Å². The van der Waals surface area contributed by atoms with Gasteiger partial charge in [-0.2, -0.15) is 0 Å². The van der Waals surface area contributed by atoms with E-state index in [1.54, 1.807) is 6.92 Å². The molecule has 11 nitrogen and oxygen atoms in total. The molecule has 0 radical (unpaired) electrons. The largest absolute Gasteiger partial charge is 0.466 e. The number of hydrogen-bond acceptors (Lipinski definition) is 8. The number of amides is 1. The highest BCUT2D eigenvalue weighted by atomic mass is 16.6. The second-order valence-corrected chi connectivity index (χ2v) is 5.21. The molecule has 11 heteroatoms. The number of rotatable bonds is 13. The Hall–Kier alpha value is -3.07. The molecule has 27 heavy (non-hydrogen) atoms. The van der Waals surface area contributed by atoms with Gasteiger partial charge in [-0.05, 0) is 32.7 Å². The van der Waals surface area contributed by atoms with E-state index < -0.39 is 35.9 Å². The van der Waals surface area contributed by atoms with E-state index in [9.17, 15) is 19.2 Å². The summed E-state index contributed by atoms with van der Waals surface area (Å²) in [6, 6.07) is -1.24. The number of carbonyl (C=O) groups is 4. The maximum Gasteiger partial charge on any atom is 0.344 e. The first-order chi connectivity index (χ1) is 12.8. The third-order valence-corrected chi connectivity index (χ3v) is 3.30. The molecule has 150 valence electrons. The van der Waals surface area contributed by atoms with Crippen molar-refractivity contribution < 1.29 is 33.4 Å². The molecule has 0 aliphatic heterocycles. The van der Waals surface area contributed by atoms with Crippen LogP contribution in [0, 0.1) is 0 Å². The van der Waals surface area contributed by atoms with Gasteiger partial charge in [0.2, 0.25) is 11.9 Å². The lowest BCUT2D eigenvalue weighted by atomic mass is 9.88. The lowest BCUT2D eigenvalue weighted by molar-refractivity contribution is -0.167. The lowest BCUT2D eigenvalue weighted by Gasteiger charge is -2.29. The fourth-order valence-electron chi connectivity index (χ4n) is 2.20. The molecule has 0 aliphatic carbocycles. The van der Waals surface area contributed by atoms with Crippen molar-refractivity contribution in [2.24, 2.45) is 5.11 Å². The number of carbonyl (C=O) groups excluding carboxylic acids is 4. The van der Waals surface area contributed by atoms with E-state index in [1.807, 2.05) is 0 Å². The third kappa shape index (κ3) is 6.98. The van der Waals surface area contributed by atoms with Gasteiger partial charge < -0.3 is 19.5 Å². The third-order valence-electron chi connectivity index (χ3n) is 3.30. The molecule has 0 aromatic heterocycles. The van der Waals surface area contributed by atoms with Crippen molar-refractivity contribution in [3.8, 4) is 0 Å². The van der Waals surface area contributed by atoms with Crippen LogP contribution in [-0.2, 0) is 33.4 Å². The number of esters is 3. The normalized spacial score (nSPS) is 11.4. The predicted molar refractivity (Wildman–Crippen MR) is 93.1 cm³/mol. The summed E-state index contributed by atoms with van der Waals surface area (Å²) in [4.78, 5) is 50.3. The highest BCUT2D eigenvalue weighted by Crippen LogP contribution is 2.24. The topological polar surface area (TPSA) is 157 Å². The van der Waals surface area contributed by atoms with Crippen molar-refractivity contribution in [2.45, 2.75) is 45.2 Å². The fourth-order valence-corrected chi connectivity index (χ4v) is 2.20. The first kappa shape index (κ1) is 23.9. The minimum absolute atomic E-state index is 0.0445. The number of azide groups is 1. The van der Waals surface area contributed by atoms with E-state index in [-0.39, 0.29) is 38.2 Å². The molecule has 1 N–H and O–H groups in total. The zero-order valence-electron chi connectivity index (χ0n) is 15.6. The van der Waals surface area contributed by atoms with E-state index in [0.29, 0.717) is 0 Å². The van der Waals surface area contributed by atoms with Gasteiger partial charge in [0.15, 0.2) is 0 Å². The van der Waals surface area contributed by atoms with Crippen LogP contribution < -0.4 is 5.32 Å². The molecule has 0 aliphatic rings. The Bertz CT molecular complexity index is 596. The number of hydrogen-bond donors (Lipinski definition) is 1. The second kappa shape index (κ2) is 12.3. The zero-order valence-corrected chi connectivity index (χ0v) is 15.6. The van der Waals surface area contributed by atoms with Crippen LogP contribution in [-0.4, -0.2) is 55.7 Å². The molecule has 0 aromatic rings. The standard InChI is InChI=1S/C16H24N4O7/c1-5-25-13(22)12(19-20-17)8-11(4)9-16(18-10-21,14(23)26-6-2)15(24)27-7-3/h10,12H,4-9H2,1-3H3,(H,18,21). The monoisotopic (exact) mass is 384 g/mol. The summed E-state index contributed by atoms with van der Waals surface area (Å²) in [6.45, 7) is 8.34. The molecule has 0 rings (SSSR count). The highest BCUT2D eigenvalue weighted by molar-refractivity contribution is 6.06. The highest BCUT2D eigenvalue weighted by Gasteiger charge is 2.49. The molecule has 0 aromatic carbocycles. The molecule has 0 heterocycles. The van der Waals surface area contributed by atoms with Crippen LogP contribution in [0.3, 0.4) is 0 Å². The van der Waals surface area contributed by atoms with Gasteiger partial charge in [0, 0.05) is 11.3 Å². The van der Waals surface area contributed by atoms with Crippen molar-refractivity contribution in [2.75, 3.05) is 19.8 Å². The van der Waals surface area contributed by atoms with Crippen molar-refractivity contribution in [3.05, 3.63) is 22.6 Å². The summed E-state index contributed by atoms with van der Waals surface area (Å²) < 4.78 is 14.6. The number of nitrogens with one attached hydrogen (secondary N) is 1. The minimum Gasteiger partial charge on any atom is -0.466 e. The summed E-state index contributed by atoms with van der Waals surface area (Å²) in [5, 5.41) is 5.49. The number of ether oxygens (including phenoxy) is 3. The average Bonchev–Trinajstić information content (AvgIpc) is 2.61. The smallest absolute Gasteiger partial charge is 0.344 e. The summed E-state index contributed by atoms with van der Waals surface area (Å²) in [7, 11) is 0. The summed E-state index contributed by atoms with van der Waals surface area (Å²) in [5.74, 6) is -2.85. The van der Waals surface area contributed by atoms with Gasteiger partial charge in [-0.1, -0.05) is 17.3 Å². The molecule has 0 saturated heterocycles. The SMILES string of the molecule is C=C(CC(N=[N+]=[N-])C(=O)OCC)CC(NC=O)(C(=O)OCC)C(=O)OCC. The van der Waals surface area contributed by atoms with Crippen LogP contribution in [0.5, 0.6) is 0 Å².